The van der Waals surface area contributed by atoms with Crippen molar-refractivity contribution in [3.63, 3.8) is 0 Å². The van der Waals surface area contributed by atoms with Gasteiger partial charge in [0.15, 0.2) is 5.96 Å². The monoisotopic (exact) mass is 344 g/mol. The van der Waals surface area contributed by atoms with Crippen LogP contribution in [0.25, 0.3) is 0 Å². The van der Waals surface area contributed by atoms with Crippen LogP contribution in [0.1, 0.15) is 31.2 Å². The van der Waals surface area contributed by atoms with Crippen molar-refractivity contribution in [2.45, 2.75) is 32.7 Å². The van der Waals surface area contributed by atoms with Crippen LogP contribution in [0.3, 0.4) is 0 Å². The minimum Gasteiger partial charge on any atom is -0.496 e. The number of rotatable bonds is 8. The number of benzene rings is 1. The third kappa shape index (κ3) is 5.20. The second kappa shape index (κ2) is 9.66. The Hall–Kier alpha value is -2.57. The zero-order valence-electron chi connectivity index (χ0n) is 15.5. The van der Waals surface area contributed by atoms with E-state index in [-0.39, 0.29) is 0 Å². The van der Waals surface area contributed by atoms with Crippen molar-refractivity contribution >= 4 is 5.96 Å². The predicted molar refractivity (Wildman–Crippen MR) is 100 cm³/mol. The molecule has 1 aromatic heterocycles. The molecule has 0 amide bonds. The highest BCUT2D eigenvalue weighted by molar-refractivity contribution is 5.79. The van der Waals surface area contributed by atoms with Crippen LogP contribution in [0.4, 0.5) is 0 Å². The molecule has 2 rings (SSSR count). The van der Waals surface area contributed by atoms with E-state index in [1.807, 2.05) is 18.2 Å². The lowest BCUT2D eigenvalue weighted by Gasteiger charge is -2.18. The van der Waals surface area contributed by atoms with Crippen molar-refractivity contribution in [2.24, 2.45) is 4.99 Å². The fraction of sp³-hybridized carbons (Fsp3) is 0.500. The maximum atomic E-state index is 5.44. The summed E-state index contributed by atoms with van der Waals surface area (Å²) >= 11 is 0. The standard InChI is InChI=1S/C18H28N6O/c1-5-17-23-22-13-24(17)11-10-20-18(19-3)21-12-14(2)15-8-6-7-9-16(15)25-4/h6-9,13-14H,5,10-12H2,1-4H3,(H2,19,20,21). The van der Waals surface area contributed by atoms with E-state index < -0.39 is 0 Å². The molecule has 1 unspecified atom stereocenters. The van der Waals surface area contributed by atoms with Gasteiger partial charge in [0.25, 0.3) is 0 Å². The van der Waals surface area contributed by atoms with Gasteiger partial charge in [0.2, 0.25) is 0 Å². The van der Waals surface area contributed by atoms with Crippen LogP contribution < -0.4 is 15.4 Å². The first-order valence-electron chi connectivity index (χ1n) is 8.63. The molecule has 25 heavy (non-hydrogen) atoms. The van der Waals surface area contributed by atoms with Crippen LogP contribution in [-0.4, -0.2) is 48.0 Å². The second-order valence-corrected chi connectivity index (χ2v) is 5.82. The molecule has 7 heteroatoms. The van der Waals surface area contributed by atoms with Crippen molar-refractivity contribution in [3.8, 4) is 5.75 Å². The largest absolute Gasteiger partial charge is 0.496 e. The fourth-order valence-electron chi connectivity index (χ4n) is 2.69. The number of nitrogens with one attached hydrogen (secondary N) is 2. The molecule has 0 fully saturated rings. The molecule has 0 bridgehead atoms. The molecule has 2 N–H and O–H groups in total. The van der Waals surface area contributed by atoms with E-state index in [0.717, 1.165) is 43.6 Å². The molecule has 1 aromatic carbocycles. The molecule has 1 atom stereocenters. The average Bonchev–Trinajstić information content (AvgIpc) is 3.11. The molecule has 0 radical (unpaired) electrons. The van der Waals surface area contributed by atoms with Gasteiger partial charge in [0.1, 0.15) is 17.9 Å². The summed E-state index contributed by atoms with van der Waals surface area (Å²) in [6.45, 7) is 6.58. The van der Waals surface area contributed by atoms with Crippen molar-refractivity contribution in [1.29, 1.82) is 0 Å². The minimum atomic E-state index is 0.305. The van der Waals surface area contributed by atoms with Crippen LogP contribution >= 0.6 is 0 Å². The molecule has 0 aliphatic carbocycles. The first-order chi connectivity index (χ1) is 12.2. The number of aliphatic imine (C=N–C) groups is 1. The summed E-state index contributed by atoms with van der Waals surface area (Å²) in [5.41, 5.74) is 1.19. The normalized spacial score (nSPS) is 12.7. The summed E-state index contributed by atoms with van der Waals surface area (Å²) in [5, 5.41) is 14.7. The average molecular weight is 344 g/mol. The van der Waals surface area contributed by atoms with Crippen molar-refractivity contribution in [2.75, 3.05) is 27.2 Å². The summed E-state index contributed by atoms with van der Waals surface area (Å²) in [7, 11) is 3.48. The number of hydrogen-bond acceptors (Lipinski definition) is 4. The van der Waals surface area contributed by atoms with E-state index in [0.29, 0.717) is 5.92 Å². The zero-order chi connectivity index (χ0) is 18.1. The van der Waals surface area contributed by atoms with Gasteiger partial charge in [-0.2, -0.15) is 0 Å². The maximum Gasteiger partial charge on any atom is 0.191 e. The molecule has 0 saturated heterocycles. The Kier molecular flexibility index (Phi) is 7.25. The first-order valence-corrected chi connectivity index (χ1v) is 8.63. The minimum absolute atomic E-state index is 0.305. The summed E-state index contributed by atoms with van der Waals surface area (Å²) < 4.78 is 7.49. The molecule has 7 nitrogen and oxygen atoms in total. The summed E-state index contributed by atoms with van der Waals surface area (Å²) in [5.74, 6) is 3.00. The van der Waals surface area contributed by atoms with Crippen LogP contribution in [0.15, 0.2) is 35.6 Å². The van der Waals surface area contributed by atoms with Gasteiger partial charge < -0.3 is 19.9 Å². The molecule has 0 aliphatic heterocycles. The Morgan fingerprint density at radius 2 is 2.12 bits per heavy atom. The molecule has 0 saturated carbocycles. The van der Waals surface area contributed by atoms with Gasteiger partial charge in [-0.1, -0.05) is 32.0 Å². The van der Waals surface area contributed by atoms with Crippen LogP contribution in [0.5, 0.6) is 5.75 Å². The van der Waals surface area contributed by atoms with Gasteiger partial charge >= 0.3 is 0 Å². The number of para-hydroxylation sites is 1. The Morgan fingerprint density at radius 3 is 2.84 bits per heavy atom. The lowest BCUT2D eigenvalue weighted by Crippen LogP contribution is -2.40. The number of methoxy groups -OCH3 is 1. The highest BCUT2D eigenvalue weighted by Gasteiger charge is 2.11. The molecule has 136 valence electrons. The Bertz CT molecular complexity index is 682. The van der Waals surface area contributed by atoms with E-state index in [2.05, 4.69) is 50.3 Å². The van der Waals surface area contributed by atoms with E-state index in [1.54, 1.807) is 20.5 Å². The SMILES string of the molecule is CCc1nncn1CCNC(=NC)NCC(C)c1ccccc1OC. The first kappa shape index (κ1) is 18.8. The van der Waals surface area contributed by atoms with Gasteiger partial charge in [0.05, 0.1) is 7.11 Å². The van der Waals surface area contributed by atoms with Crippen molar-refractivity contribution in [3.05, 3.63) is 42.0 Å². The smallest absolute Gasteiger partial charge is 0.191 e. The number of hydrogen-bond donors (Lipinski definition) is 2. The summed E-state index contributed by atoms with van der Waals surface area (Å²) in [4.78, 5) is 4.28. The van der Waals surface area contributed by atoms with Crippen molar-refractivity contribution < 1.29 is 4.74 Å². The third-order valence-corrected chi connectivity index (χ3v) is 4.13. The van der Waals surface area contributed by atoms with E-state index >= 15 is 0 Å². The lowest BCUT2D eigenvalue weighted by atomic mass is 10.0. The Labute approximate surface area is 149 Å². The topological polar surface area (TPSA) is 76.4 Å². The van der Waals surface area contributed by atoms with Crippen LogP contribution in [0, 0.1) is 0 Å². The van der Waals surface area contributed by atoms with Gasteiger partial charge in [-0.15, -0.1) is 10.2 Å². The maximum absolute atomic E-state index is 5.44. The van der Waals surface area contributed by atoms with Gasteiger partial charge in [-0.3, -0.25) is 4.99 Å². The van der Waals surface area contributed by atoms with E-state index in [4.69, 9.17) is 4.74 Å². The highest BCUT2D eigenvalue weighted by Crippen LogP contribution is 2.25. The fourth-order valence-corrected chi connectivity index (χ4v) is 2.69. The molecule has 2 aromatic rings. The number of aromatic nitrogens is 3. The number of nitrogens with zero attached hydrogens (tertiary/aromatic N) is 4. The zero-order valence-corrected chi connectivity index (χ0v) is 15.5. The summed E-state index contributed by atoms with van der Waals surface area (Å²) in [6, 6.07) is 8.10. The van der Waals surface area contributed by atoms with Gasteiger partial charge in [-0.05, 0) is 11.6 Å². The molecule has 0 spiro atoms. The van der Waals surface area contributed by atoms with Gasteiger partial charge in [-0.25, -0.2) is 0 Å². The lowest BCUT2D eigenvalue weighted by molar-refractivity contribution is 0.406. The van der Waals surface area contributed by atoms with Crippen LogP contribution in [0.2, 0.25) is 0 Å². The molecular formula is C18H28N6O. The number of guanidine groups is 1. The Morgan fingerprint density at radius 1 is 1.32 bits per heavy atom. The highest BCUT2D eigenvalue weighted by atomic mass is 16.5. The van der Waals surface area contributed by atoms with E-state index in [9.17, 15) is 0 Å². The third-order valence-electron chi connectivity index (χ3n) is 4.13. The van der Waals surface area contributed by atoms with Crippen molar-refractivity contribution in [1.82, 2.24) is 25.4 Å². The molecule has 0 aliphatic rings. The predicted octanol–water partition coefficient (Wildman–Crippen LogP) is 1.82. The second-order valence-electron chi connectivity index (χ2n) is 5.82. The quantitative estimate of drug-likeness (QED) is 0.564. The molecule has 1 heterocycles. The van der Waals surface area contributed by atoms with Gasteiger partial charge in [0, 0.05) is 39.0 Å². The Balaban J connectivity index is 1.82. The number of aryl methyl sites for hydroxylation is 1. The van der Waals surface area contributed by atoms with E-state index in [1.165, 1.54) is 5.56 Å². The molecular weight excluding hydrogens is 316 g/mol. The number of ether oxygens (including phenoxy) is 1. The summed E-state index contributed by atoms with van der Waals surface area (Å²) in [6.07, 6.45) is 2.64. The van der Waals surface area contributed by atoms with Crippen LogP contribution in [-0.2, 0) is 13.0 Å².